The molecule has 18 heavy (non-hydrogen) atoms. The number of nitrogens with one attached hydrogen (secondary N) is 1. The molecule has 0 aliphatic heterocycles. The lowest BCUT2D eigenvalue weighted by Crippen LogP contribution is -2.02. The van der Waals surface area contributed by atoms with Crippen LogP contribution in [0.25, 0.3) is 0 Å². The quantitative estimate of drug-likeness (QED) is 0.835. The van der Waals surface area contributed by atoms with Gasteiger partial charge in [-0.2, -0.15) is 0 Å². The van der Waals surface area contributed by atoms with E-state index in [1.165, 1.54) is 5.56 Å². The third-order valence-corrected chi connectivity index (χ3v) is 3.46. The average molecular weight is 323 g/mol. The summed E-state index contributed by atoms with van der Waals surface area (Å²) < 4.78 is 1.74. The van der Waals surface area contributed by atoms with Crippen molar-refractivity contribution in [2.45, 2.75) is 26.2 Å². The molecule has 0 spiro atoms. The first kappa shape index (κ1) is 13.4. The summed E-state index contributed by atoms with van der Waals surface area (Å²) in [6, 6.07) is 10.2. The summed E-state index contributed by atoms with van der Waals surface area (Å²) in [6.45, 7) is 4.29. The zero-order valence-corrected chi connectivity index (χ0v) is 12.8. The molecular weight excluding hydrogens is 308 g/mol. The maximum Gasteiger partial charge on any atom is 0.130 e. The van der Waals surface area contributed by atoms with Crippen molar-refractivity contribution in [2.75, 3.05) is 0 Å². The average Bonchev–Trinajstić information content (AvgIpc) is 2.31. The van der Waals surface area contributed by atoms with E-state index >= 15 is 0 Å². The Morgan fingerprint density at radius 1 is 1.28 bits per heavy atom. The van der Waals surface area contributed by atoms with Crippen molar-refractivity contribution in [3.63, 3.8) is 0 Å². The zero-order chi connectivity index (χ0) is 13.1. The predicted octanol–water partition coefficient (Wildman–Crippen LogP) is 4.62. The molecular formula is C14H15BrN2S. The van der Waals surface area contributed by atoms with Crippen LogP contribution in [-0.2, 0) is 6.42 Å². The van der Waals surface area contributed by atoms with E-state index in [0.717, 1.165) is 22.4 Å². The lowest BCUT2D eigenvalue weighted by molar-refractivity contribution is 0.789. The van der Waals surface area contributed by atoms with Crippen LogP contribution in [0.5, 0.6) is 0 Å². The number of benzene rings is 1. The van der Waals surface area contributed by atoms with Crippen LogP contribution < -0.4 is 0 Å². The van der Waals surface area contributed by atoms with Gasteiger partial charge in [-0.25, -0.2) is 4.98 Å². The molecule has 0 unspecified atom stereocenters. The van der Waals surface area contributed by atoms with Gasteiger partial charge < -0.3 is 4.98 Å². The van der Waals surface area contributed by atoms with Gasteiger partial charge in [-0.15, -0.1) is 0 Å². The zero-order valence-electron chi connectivity index (χ0n) is 10.4. The molecule has 4 heteroatoms. The second kappa shape index (κ2) is 5.76. The number of aromatic nitrogens is 2. The van der Waals surface area contributed by atoms with Gasteiger partial charge in [0.2, 0.25) is 0 Å². The van der Waals surface area contributed by atoms with Crippen LogP contribution >= 0.6 is 28.1 Å². The Kier molecular flexibility index (Phi) is 4.30. The van der Waals surface area contributed by atoms with E-state index in [2.05, 4.69) is 51.9 Å². The molecule has 0 aliphatic rings. The summed E-state index contributed by atoms with van der Waals surface area (Å²) >= 11 is 8.64. The van der Waals surface area contributed by atoms with Crippen LogP contribution in [0.3, 0.4) is 0 Å². The molecule has 1 aromatic heterocycles. The van der Waals surface area contributed by atoms with E-state index in [4.69, 9.17) is 12.2 Å². The number of nitrogens with zero attached hydrogens (tertiary/aromatic N) is 1. The molecule has 2 rings (SSSR count). The minimum atomic E-state index is 0.429. The Morgan fingerprint density at radius 2 is 1.94 bits per heavy atom. The molecule has 2 aromatic rings. The number of aromatic amines is 1. The second-order valence-corrected chi connectivity index (χ2v) is 5.91. The van der Waals surface area contributed by atoms with Crippen LogP contribution in [0.4, 0.5) is 0 Å². The Morgan fingerprint density at radius 3 is 2.56 bits per heavy atom. The van der Waals surface area contributed by atoms with E-state index in [-0.39, 0.29) is 0 Å². The van der Waals surface area contributed by atoms with Crippen molar-refractivity contribution in [3.8, 4) is 0 Å². The molecule has 1 N–H and O–H groups in total. The first-order chi connectivity index (χ1) is 8.54. The second-order valence-electron chi connectivity index (χ2n) is 4.58. The highest BCUT2D eigenvalue weighted by Crippen LogP contribution is 2.15. The van der Waals surface area contributed by atoms with Crippen LogP contribution in [0, 0.1) is 4.64 Å². The molecule has 0 fully saturated rings. The summed E-state index contributed by atoms with van der Waals surface area (Å²) in [7, 11) is 0. The Balaban J connectivity index is 2.28. The molecule has 0 bridgehead atoms. The van der Waals surface area contributed by atoms with Crippen molar-refractivity contribution in [3.05, 3.63) is 56.5 Å². The van der Waals surface area contributed by atoms with Crippen molar-refractivity contribution >= 4 is 28.1 Å². The van der Waals surface area contributed by atoms with Gasteiger partial charge in [-0.1, -0.05) is 54.1 Å². The molecule has 0 saturated carbocycles. The third kappa shape index (κ3) is 3.50. The predicted molar refractivity (Wildman–Crippen MR) is 80.5 cm³/mol. The number of halogens is 1. The monoisotopic (exact) mass is 322 g/mol. The largest absolute Gasteiger partial charge is 0.347 e. The van der Waals surface area contributed by atoms with E-state index in [1.54, 1.807) is 0 Å². The summed E-state index contributed by atoms with van der Waals surface area (Å²) in [5.41, 5.74) is 2.36. The van der Waals surface area contributed by atoms with E-state index < -0.39 is 0 Å². The van der Waals surface area contributed by atoms with Crippen molar-refractivity contribution in [2.24, 2.45) is 0 Å². The van der Waals surface area contributed by atoms with Gasteiger partial charge in [0.1, 0.15) is 10.5 Å². The fraction of sp³-hybridized carbons (Fsp3) is 0.286. The first-order valence-corrected chi connectivity index (χ1v) is 7.09. The maximum absolute atomic E-state index is 5.20. The highest BCUT2D eigenvalue weighted by atomic mass is 79.9. The lowest BCUT2D eigenvalue weighted by atomic mass is 10.1. The summed E-state index contributed by atoms with van der Waals surface area (Å²) in [5, 5.41) is 0. The van der Waals surface area contributed by atoms with Crippen molar-refractivity contribution < 1.29 is 0 Å². The Labute approximate surface area is 121 Å². The summed E-state index contributed by atoms with van der Waals surface area (Å²) in [5.74, 6) is 1.35. The Hall–Kier alpha value is -1.00. The number of H-pyrrole nitrogens is 1. The molecule has 1 heterocycles. The fourth-order valence-corrected chi connectivity index (χ4v) is 2.22. The third-order valence-electron chi connectivity index (χ3n) is 2.72. The normalized spacial score (nSPS) is 10.9. The van der Waals surface area contributed by atoms with Gasteiger partial charge in [0.15, 0.2) is 0 Å². The molecule has 94 valence electrons. The van der Waals surface area contributed by atoms with Crippen LogP contribution in [0.2, 0.25) is 0 Å². The number of rotatable bonds is 3. The van der Waals surface area contributed by atoms with E-state index in [9.17, 15) is 0 Å². The lowest BCUT2D eigenvalue weighted by Gasteiger charge is -2.08. The number of hydrogen-bond acceptors (Lipinski definition) is 2. The highest BCUT2D eigenvalue weighted by molar-refractivity contribution is 9.10. The van der Waals surface area contributed by atoms with Gasteiger partial charge in [-0.05, 0) is 29.7 Å². The van der Waals surface area contributed by atoms with Gasteiger partial charge in [0, 0.05) is 16.6 Å². The molecule has 0 aliphatic carbocycles. The minimum Gasteiger partial charge on any atom is -0.347 e. The van der Waals surface area contributed by atoms with Crippen LogP contribution in [0.1, 0.15) is 36.8 Å². The smallest absolute Gasteiger partial charge is 0.130 e. The summed E-state index contributed by atoms with van der Waals surface area (Å²) in [4.78, 5) is 7.74. The molecule has 1 aromatic carbocycles. The molecule has 2 nitrogen and oxygen atoms in total. The van der Waals surface area contributed by atoms with Crippen LogP contribution in [-0.4, -0.2) is 9.97 Å². The van der Waals surface area contributed by atoms with E-state index in [0.29, 0.717) is 10.6 Å². The van der Waals surface area contributed by atoms with Gasteiger partial charge in [0.25, 0.3) is 0 Å². The van der Waals surface area contributed by atoms with Gasteiger partial charge in [-0.3, -0.25) is 0 Å². The minimum absolute atomic E-state index is 0.429. The van der Waals surface area contributed by atoms with Crippen molar-refractivity contribution in [1.29, 1.82) is 0 Å². The topological polar surface area (TPSA) is 28.7 Å². The Bertz CT molecular complexity index is 587. The van der Waals surface area contributed by atoms with Gasteiger partial charge in [0.05, 0.1) is 0 Å². The van der Waals surface area contributed by atoms with Crippen LogP contribution in [0.15, 0.2) is 34.8 Å². The van der Waals surface area contributed by atoms with Gasteiger partial charge >= 0.3 is 0 Å². The standard InChI is InChI=1S/C14H15BrN2S/c1-9(2)12-8-14(18)17-13(16-12)7-10-3-5-11(15)6-4-10/h3-6,8-9H,7H2,1-2H3,(H,16,17,18). The molecule has 0 atom stereocenters. The maximum atomic E-state index is 5.20. The van der Waals surface area contributed by atoms with E-state index in [1.807, 2.05) is 18.2 Å². The molecule has 0 radical (unpaired) electrons. The van der Waals surface area contributed by atoms with Crippen molar-refractivity contribution in [1.82, 2.24) is 9.97 Å². The molecule has 0 amide bonds. The first-order valence-electron chi connectivity index (χ1n) is 5.89. The highest BCUT2D eigenvalue weighted by Gasteiger charge is 2.04. The SMILES string of the molecule is CC(C)c1cc(=S)nc(Cc2ccc(Br)cc2)[nH]1. The summed E-state index contributed by atoms with van der Waals surface area (Å²) in [6.07, 6.45) is 0.775. The molecule has 0 saturated heterocycles. The number of hydrogen-bond donors (Lipinski definition) is 1. The fourth-order valence-electron chi connectivity index (χ4n) is 1.72.